The van der Waals surface area contributed by atoms with E-state index in [0.29, 0.717) is 25.1 Å². The molecule has 1 unspecified atom stereocenters. The topological polar surface area (TPSA) is 87.2 Å². The van der Waals surface area contributed by atoms with E-state index in [0.717, 1.165) is 16.7 Å². The van der Waals surface area contributed by atoms with E-state index in [1.807, 2.05) is 32.0 Å². The zero-order valence-electron chi connectivity index (χ0n) is 20.4. The average molecular weight is 517 g/mol. The van der Waals surface area contributed by atoms with Crippen molar-refractivity contribution in [2.75, 3.05) is 13.2 Å². The normalized spacial score (nSPS) is 20.5. The number of hydrogen-bond acceptors (Lipinski definition) is 5. The molecule has 1 saturated heterocycles. The maximum absolute atomic E-state index is 14.2. The Hall–Kier alpha value is -2.97. The molecule has 7 nitrogen and oxygen atoms in total. The van der Waals surface area contributed by atoms with E-state index in [9.17, 15) is 23.9 Å². The second-order valence-corrected chi connectivity index (χ2v) is 9.98. The van der Waals surface area contributed by atoms with E-state index < -0.39 is 11.8 Å². The number of ether oxygens (including phenoxy) is 1. The number of rotatable bonds is 10. The minimum absolute atomic E-state index is 0.0617. The summed E-state index contributed by atoms with van der Waals surface area (Å²) in [7, 11) is 0. The lowest BCUT2D eigenvalue weighted by atomic mass is 9.78. The molecule has 2 aromatic carbocycles. The molecule has 36 heavy (non-hydrogen) atoms. The predicted octanol–water partition coefficient (Wildman–Crippen LogP) is 4.74. The standard InChI is InChI=1S/C27H30ClFN2O5/c1-16-11-18(3-6-24(16)36-10-9-30-25(32)7-8-26(30)33)15-31(21-12-20(13-21)27(34)35)17(2)19-4-5-22(28)23(29)14-19/h3-6,11,14,17,20-21H,7-10,12-13,15H2,1-2H3,(H,34,35)/t17?,20-,21+. The van der Waals surface area contributed by atoms with Gasteiger partial charge in [0, 0.05) is 31.5 Å². The first-order valence-corrected chi connectivity index (χ1v) is 12.5. The Balaban J connectivity index is 1.45. The van der Waals surface area contributed by atoms with Crippen molar-refractivity contribution < 1.29 is 28.6 Å². The number of carbonyl (C=O) groups is 3. The van der Waals surface area contributed by atoms with Gasteiger partial charge in [-0.1, -0.05) is 29.8 Å². The van der Waals surface area contributed by atoms with Crippen LogP contribution in [0.25, 0.3) is 0 Å². The third kappa shape index (κ3) is 5.71. The summed E-state index contributed by atoms with van der Waals surface area (Å²) in [6.07, 6.45) is 1.62. The molecule has 9 heteroatoms. The van der Waals surface area contributed by atoms with Crippen molar-refractivity contribution >= 4 is 29.4 Å². The van der Waals surface area contributed by atoms with Crippen molar-refractivity contribution in [2.24, 2.45) is 5.92 Å². The van der Waals surface area contributed by atoms with Gasteiger partial charge in [-0.2, -0.15) is 0 Å². The maximum atomic E-state index is 14.2. The first kappa shape index (κ1) is 26.1. The molecule has 2 aliphatic rings. The van der Waals surface area contributed by atoms with Crippen LogP contribution in [-0.4, -0.2) is 51.9 Å². The van der Waals surface area contributed by atoms with E-state index in [1.54, 1.807) is 12.1 Å². The molecule has 1 N–H and O–H groups in total. The van der Waals surface area contributed by atoms with Gasteiger partial charge in [0.25, 0.3) is 0 Å². The summed E-state index contributed by atoms with van der Waals surface area (Å²) in [5.41, 5.74) is 2.71. The average Bonchev–Trinajstić information content (AvgIpc) is 3.12. The lowest BCUT2D eigenvalue weighted by Gasteiger charge is -2.44. The van der Waals surface area contributed by atoms with Crippen molar-refractivity contribution in [3.8, 4) is 5.75 Å². The highest BCUT2D eigenvalue weighted by Crippen LogP contribution is 2.38. The molecular weight excluding hydrogens is 487 g/mol. The Kier molecular flexibility index (Phi) is 7.95. The smallest absolute Gasteiger partial charge is 0.306 e. The van der Waals surface area contributed by atoms with Gasteiger partial charge in [0.05, 0.1) is 17.5 Å². The zero-order valence-corrected chi connectivity index (χ0v) is 21.1. The summed E-state index contributed by atoms with van der Waals surface area (Å²) >= 11 is 5.87. The molecule has 2 aromatic rings. The van der Waals surface area contributed by atoms with Crippen LogP contribution in [0.15, 0.2) is 36.4 Å². The highest BCUT2D eigenvalue weighted by Gasteiger charge is 2.40. The van der Waals surface area contributed by atoms with Crippen LogP contribution in [0.4, 0.5) is 4.39 Å². The quantitative estimate of drug-likeness (QED) is 0.459. The van der Waals surface area contributed by atoms with Crippen molar-refractivity contribution in [2.45, 2.75) is 58.2 Å². The zero-order chi connectivity index (χ0) is 26.0. The van der Waals surface area contributed by atoms with Crippen LogP contribution in [0.2, 0.25) is 5.02 Å². The van der Waals surface area contributed by atoms with Crippen molar-refractivity contribution in [3.63, 3.8) is 0 Å². The second kappa shape index (κ2) is 11.0. The van der Waals surface area contributed by atoms with Crippen molar-refractivity contribution in [1.82, 2.24) is 9.80 Å². The Morgan fingerprint density at radius 1 is 1.19 bits per heavy atom. The third-order valence-electron chi connectivity index (χ3n) is 7.19. The highest BCUT2D eigenvalue weighted by molar-refractivity contribution is 6.30. The summed E-state index contributed by atoms with van der Waals surface area (Å²) < 4.78 is 20.0. The molecular formula is C27H30ClFN2O5. The summed E-state index contributed by atoms with van der Waals surface area (Å²) in [6.45, 7) is 4.93. The molecule has 0 radical (unpaired) electrons. The number of carbonyl (C=O) groups excluding carboxylic acids is 2. The molecule has 1 atom stereocenters. The van der Waals surface area contributed by atoms with Crippen LogP contribution in [0, 0.1) is 18.7 Å². The van der Waals surface area contributed by atoms with Gasteiger partial charge in [-0.15, -0.1) is 0 Å². The molecule has 0 aromatic heterocycles. The van der Waals surface area contributed by atoms with E-state index >= 15 is 0 Å². The number of carboxylic acid groups (broad SMARTS) is 1. The number of aryl methyl sites for hydroxylation is 1. The molecule has 192 valence electrons. The molecule has 0 bridgehead atoms. The Morgan fingerprint density at radius 2 is 1.89 bits per heavy atom. The maximum Gasteiger partial charge on any atom is 0.306 e. The number of amides is 2. The first-order chi connectivity index (χ1) is 17.1. The second-order valence-electron chi connectivity index (χ2n) is 9.57. The van der Waals surface area contributed by atoms with E-state index in [1.165, 1.54) is 11.0 Å². The minimum atomic E-state index is -0.786. The van der Waals surface area contributed by atoms with Gasteiger partial charge < -0.3 is 9.84 Å². The molecule has 4 rings (SSSR count). The number of nitrogens with zero attached hydrogens (tertiary/aromatic N) is 2. The van der Waals surface area contributed by atoms with Crippen LogP contribution in [-0.2, 0) is 20.9 Å². The van der Waals surface area contributed by atoms with Crippen LogP contribution >= 0.6 is 11.6 Å². The fourth-order valence-electron chi connectivity index (χ4n) is 4.91. The predicted molar refractivity (Wildman–Crippen MR) is 132 cm³/mol. The first-order valence-electron chi connectivity index (χ1n) is 12.1. The van der Waals surface area contributed by atoms with Crippen LogP contribution < -0.4 is 4.74 Å². The van der Waals surface area contributed by atoms with Crippen molar-refractivity contribution in [3.05, 3.63) is 63.9 Å². The van der Waals surface area contributed by atoms with Gasteiger partial charge in [-0.25, -0.2) is 4.39 Å². The van der Waals surface area contributed by atoms with E-state index in [2.05, 4.69) is 4.90 Å². The molecule has 1 aliphatic carbocycles. The number of aliphatic carboxylic acids is 1. The number of carboxylic acids is 1. The Labute approximate surface area is 214 Å². The minimum Gasteiger partial charge on any atom is -0.491 e. The molecule has 1 saturated carbocycles. The Bertz CT molecular complexity index is 1150. The summed E-state index contributed by atoms with van der Waals surface area (Å²) in [6, 6.07) is 10.5. The number of hydrogen-bond donors (Lipinski definition) is 1. The molecule has 1 aliphatic heterocycles. The van der Waals surface area contributed by atoms with Crippen LogP contribution in [0.5, 0.6) is 5.75 Å². The monoisotopic (exact) mass is 516 g/mol. The fraction of sp³-hybridized carbons (Fsp3) is 0.444. The largest absolute Gasteiger partial charge is 0.491 e. The summed E-state index contributed by atoms with van der Waals surface area (Å²) in [5.74, 6) is -1.28. The number of benzene rings is 2. The highest BCUT2D eigenvalue weighted by atomic mass is 35.5. The van der Waals surface area contributed by atoms with Gasteiger partial charge in [-0.3, -0.25) is 24.2 Å². The third-order valence-corrected chi connectivity index (χ3v) is 7.49. The Morgan fingerprint density at radius 3 is 2.50 bits per heavy atom. The van der Waals surface area contributed by atoms with Gasteiger partial charge in [0.1, 0.15) is 18.2 Å². The molecule has 1 heterocycles. The summed E-state index contributed by atoms with van der Waals surface area (Å²) in [4.78, 5) is 38.4. The fourth-order valence-corrected chi connectivity index (χ4v) is 5.03. The van der Waals surface area contributed by atoms with Gasteiger partial charge in [0.2, 0.25) is 11.8 Å². The van der Waals surface area contributed by atoms with E-state index in [-0.39, 0.29) is 60.8 Å². The van der Waals surface area contributed by atoms with Crippen LogP contribution in [0.3, 0.4) is 0 Å². The van der Waals surface area contributed by atoms with Gasteiger partial charge in [-0.05, 0) is 61.6 Å². The van der Waals surface area contributed by atoms with Crippen LogP contribution in [0.1, 0.15) is 55.3 Å². The number of imide groups is 1. The molecule has 0 spiro atoms. The molecule has 2 amide bonds. The lowest BCUT2D eigenvalue weighted by molar-refractivity contribution is -0.147. The SMILES string of the molecule is Cc1cc(CN(C(C)c2ccc(Cl)c(F)c2)[C@H]2C[C@@H](C(=O)O)C2)ccc1OCCN1C(=O)CCC1=O. The van der Waals surface area contributed by atoms with Gasteiger partial charge in [0.15, 0.2) is 0 Å². The van der Waals surface area contributed by atoms with E-state index in [4.69, 9.17) is 16.3 Å². The lowest BCUT2D eigenvalue weighted by Crippen LogP contribution is -2.47. The van der Waals surface area contributed by atoms with Gasteiger partial charge >= 0.3 is 5.97 Å². The molecule has 2 fully saturated rings. The summed E-state index contributed by atoms with van der Waals surface area (Å²) in [5, 5.41) is 9.41. The number of likely N-dealkylation sites (tertiary alicyclic amines) is 1. The van der Waals surface area contributed by atoms with Crippen molar-refractivity contribution in [1.29, 1.82) is 0 Å². The number of halogens is 2.